The highest BCUT2D eigenvalue weighted by atomic mass is 16.7. The van der Waals surface area contributed by atoms with E-state index in [9.17, 15) is 0 Å². The zero-order valence-corrected chi connectivity index (χ0v) is 11.5. The first-order valence-electron chi connectivity index (χ1n) is 5.90. The predicted molar refractivity (Wildman–Crippen MR) is 70.5 cm³/mol. The van der Waals surface area contributed by atoms with Gasteiger partial charge in [0.2, 0.25) is 0 Å². The van der Waals surface area contributed by atoms with E-state index >= 15 is 0 Å². The average Bonchev–Trinajstić information content (AvgIpc) is 2.36. The number of hydrogen-bond donors (Lipinski definition) is 0. The van der Waals surface area contributed by atoms with Crippen LogP contribution in [0.2, 0.25) is 0 Å². The summed E-state index contributed by atoms with van der Waals surface area (Å²) >= 11 is 0. The molecule has 0 heterocycles. The van der Waals surface area contributed by atoms with Gasteiger partial charge in [0.1, 0.15) is 0 Å². The van der Waals surface area contributed by atoms with E-state index in [4.69, 9.17) is 9.47 Å². The van der Waals surface area contributed by atoms with Gasteiger partial charge in [-0.25, -0.2) is 0 Å². The minimum atomic E-state index is -0.240. The molecule has 0 saturated carbocycles. The van der Waals surface area contributed by atoms with Gasteiger partial charge in [0, 0.05) is 19.8 Å². The van der Waals surface area contributed by atoms with Gasteiger partial charge in [-0.3, -0.25) is 0 Å². The number of rotatable bonds is 3. The highest BCUT2D eigenvalue weighted by molar-refractivity contribution is 5.15. The minimum absolute atomic E-state index is 0.240. The Kier molecular flexibility index (Phi) is 15.5. The van der Waals surface area contributed by atoms with Crippen molar-refractivity contribution in [3.63, 3.8) is 0 Å². The molecule has 94 valence electrons. The topological polar surface area (TPSA) is 18.5 Å². The quantitative estimate of drug-likeness (QED) is 0.710. The standard InChI is InChI=1S/C9H12O2.C3H8.C2H6/c1-10-9(11-2)8-6-4-3-5-7-8;1-3-2;1-2/h3-7,9H,1-2H3;3H2,1-2H3;1-2H3. The van der Waals surface area contributed by atoms with Gasteiger partial charge < -0.3 is 9.47 Å². The summed E-state index contributed by atoms with van der Waals surface area (Å²) in [5, 5.41) is 0. The van der Waals surface area contributed by atoms with Gasteiger partial charge in [0.25, 0.3) is 0 Å². The third kappa shape index (κ3) is 8.45. The zero-order chi connectivity index (χ0) is 12.8. The van der Waals surface area contributed by atoms with Gasteiger partial charge in [-0.15, -0.1) is 0 Å². The molecule has 0 aliphatic carbocycles. The van der Waals surface area contributed by atoms with Gasteiger partial charge in [0.05, 0.1) is 0 Å². The molecule has 0 saturated heterocycles. The lowest BCUT2D eigenvalue weighted by molar-refractivity contribution is -0.106. The molecule has 0 aromatic heterocycles. The summed E-state index contributed by atoms with van der Waals surface area (Å²) in [6.07, 6.45) is 1.01. The molecule has 1 aromatic rings. The lowest BCUT2D eigenvalue weighted by Crippen LogP contribution is -2.02. The maximum absolute atomic E-state index is 5.06. The largest absolute Gasteiger partial charge is 0.352 e. The Morgan fingerprint density at radius 2 is 1.31 bits per heavy atom. The van der Waals surface area contributed by atoms with Crippen molar-refractivity contribution in [1.82, 2.24) is 0 Å². The maximum Gasteiger partial charge on any atom is 0.183 e. The third-order valence-corrected chi connectivity index (χ3v) is 1.50. The molecular formula is C14H26O2. The van der Waals surface area contributed by atoms with Crippen LogP contribution in [0, 0.1) is 0 Å². The summed E-state index contributed by atoms with van der Waals surface area (Å²) in [4.78, 5) is 0. The van der Waals surface area contributed by atoms with E-state index in [0.717, 1.165) is 5.56 Å². The SMILES string of the molecule is CC.CCC.COC(OC)c1ccccc1. The fourth-order valence-electron chi connectivity index (χ4n) is 0.979. The summed E-state index contributed by atoms with van der Waals surface area (Å²) < 4.78 is 10.1. The van der Waals surface area contributed by atoms with Gasteiger partial charge in [-0.2, -0.15) is 0 Å². The molecule has 16 heavy (non-hydrogen) atoms. The zero-order valence-electron chi connectivity index (χ0n) is 11.5. The van der Waals surface area contributed by atoms with Gasteiger partial charge >= 0.3 is 0 Å². The molecule has 1 rings (SSSR count). The Morgan fingerprint density at radius 1 is 0.938 bits per heavy atom. The van der Waals surface area contributed by atoms with Crippen molar-refractivity contribution in [2.75, 3.05) is 14.2 Å². The Balaban J connectivity index is 0. The van der Waals surface area contributed by atoms with Crippen molar-refractivity contribution in [1.29, 1.82) is 0 Å². The molecule has 0 bridgehead atoms. The lowest BCUT2D eigenvalue weighted by Gasteiger charge is -2.12. The summed E-state index contributed by atoms with van der Waals surface area (Å²) in [6, 6.07) is 9.82. The van der Waals surface area contributed by atoms with Gasteiger partial charge in [-0.1, -0.05) is 64.4 Å². The second-order valence-corrected chi connectivity index (χ2v) is 2.92. The Hall–Kier alpha value is -0.860. The maximum atomic E-state index is 5.06. The molecular weight excluding hydrogens is 200 g/mol. The smallest absolute Gasteiger partial charge is 0.183 e. The lowest BCUT2D eigenvalue weighted by atomic mass is 10.2. The van der Waals surface area contributed by atoms with Crippen LogP contribution in [0.5, 0.6) is 0 Å². The van der Waals surface area contributed by atoms with Gasteiger partial charge in [0.15, 0.2) is 6.29 Å². The van der Waals surface area contributed by atoms with Crippen molar-refractivity contribution in [2.45, 2.75) is 40.4 Å². The second-order valence-electron chi connectivity index (χ2n) is 2.92. The van der Waals surface area contributed by atoms with Crippen LogP contribution in [0.4, 0.5) is 0 Å². The van der Waals surface area contributed by atoms with Crippen molar-refractivity contribution < 1.29 is 9.47 Å². The summed E-state index contributed by atoms with van der Waals surface area (Å²) in [5.74, 6) is 0. The van der Waals surface area contributed by atoms with E-state index in [0.29, 0.717) is 0 Å². The van der Waals surface area contributed by atoms with Crippen LogP contribution in [0.1, 0.15) is 46.0 Å². The van der Waals surface area contributed by atoms with Crippen LogP contribution < -0.4 is 0 Å². The normalized spacial score (nSPS) is 8.69. The highest BCUT2D eigenvalue weighted by Gasteiger charge is 2.05. The van der Waals surface area contributed by atoms with Crippen molar-refractivity contribution in [3.8, 4) is 0 Å². The number of benzene rings is 1. The molecule has 0 N–H and O–H groups in total. The van der Waals surface area contributed by atoms with Crippen molar-refractivity contribution in [2.24, 2.45) is 0 Å². The number of methoxy groups -OCH3 is 2. The number of hydrogen-bond acceptors (Lipinski definition) is 2. The Labute approximate surface area is 101 Å². The average molecular weight is 226 g/mol. The fourth-order valence-corrected chi connectivity index (χ4v) is 0.979. The molecule has 0 unspecified atom stereocenters. The fraction of sp³-hybridized carbons (Fsp3) is 0.571. The molecule has 0 radical (unpaired) electrons. The van der Waals surface area contributed by atoms with Crippen LogP contribution in [0.25, 0.3) is 0 Å². The monoisotopic (exact) mass is 226 g/mol. The van der Waals surface area contributed by atoms with Gasteiger partial charge in [-0.05, 0) is 0 Å². The van der Waals surface area contributed by atoms with E-state index in [1.54, 1.807) is 14.2 Å². The van der Waals surface area contributed by atoms with E-state index in [2.05, 4.69) is 13.8 Å². The minimum Gasteiger partial charge on any atom is -0.352 e. The molecule has 2 heteroatoms. The predicted octanol–water partition coefficient (Wildman–Crippen LogP) is 4.42. The number of ether oxygens (including phenoxy) is 2. The van der Waals surface area contributed by atoms with Crippen LogP contribution in [0.3, 0.4) is 0 Å². The molecule has 0 aliphatic heterocycles. The van der Waals surface area contributed by atoms with Crippen molar-refractivity contribution >= 4 is 0 Å². The van der Waals surface area contributed by atoms with E-state index in [1.165, 1.54) is 6.42 Å². The first-order chi connectivity index (χ1) is 7.79. The van der Waals surface area contributed by atoms with Crippen LogP contribution in [-0.2, 0) is 9.47 Å². The molecule has 0 atom stereocenters. The molecule has 0 amide bonds. The van der Waals surface area contributed by atoms with E-state index in [-0.39, 0.29) is 6.29 Å². The first kappa shape index (κ1) is 17.5. The highest BCUT2D eigenvalue weighted by Crippen LogP contribution is 2.15. The van der Waals surface area contributed by atoms with E-state index < -0.39 is 0 Å². The van der Waals surface area contributed by atoms with Crippen LogP contribution in [0.15, 0.2) is 30.3 Å². The van der Waals surface area contributed by atoms with E-state index in [1.807, 2.05) is 44.2 Å². The Morgan fingerprint density at radius 3 is 1.62 bits per heavy atom. The first-order valence-corrected chi connectivity index (χ1v) is 5.90. The molecule has 1 aromatic carbocycles. The van der Waals surface area contributed by atoms with Crippen LogP contribution >= 0.6 is 0 Å². The molecule has 2 nitrogen and oxygen atoms in total. The summed E-state index contributed by atoms with van der Waals surface area (Å²) in [5.41, 5.74) is 1.04. The molecule has 0 fully saturated rings. The summed E-state index contributed by atoms with van der Waals surface area (Å²) in [6.45, 7) is 8.25. The summed E-state index contributed by atoms with van der Waals surface area (Å²) in [7, 11) is 3.25. The van der Waals surface area contributed by atoms with Crippen molar-refractivity contribution in [3.05, 3.63) is 35.9 Å². The third-order valence-electron chi connectivity index (χ3n) is 1.50. The second kappa shape index (κ2) is 14.1. The molecule has 0 spiro atoms. The molecule has 0 aliphatic rings. The van der Waals surface area contributed by atoms with Crippen LogP contribution in [-0.4, -0.2) is 14.2 Å². The Bertz CT molecular complexity index is 205.